The first-order valence-corrected chi connectivity index (χ1v) is 6.79. The van der Waals surface area contributed by atoms with Crippen LogP contribution < -0.4 is 5.32 Å². The number of rotatable bonds is 10. The van der Waals surface area contributed by atoms with Crippen LogP contribution in [0.15, 0.2) is 0 Å². The van der Waals surface area contributed by atoms with Gasteiger partial charge in [-0.25, -0.2) is 0 Å². The summed E-state index contributed by atoms with van der Waals surface area (Å²) in [4.78, 5) is 0. The molecule has 0 aromatic heterocycles. The van der Waals surface area contributed by atoms with Gasteiger partial charge in [-0.05, 0) is 37.8 Å². The lowest BCUT2D eigenvalue weighted by Crippen LogP contribution is -2.40. The fourth-order valence-electron chi connectivity index (χ4n) is 2.20. The largest absolute Gasteiger partial charge is 0.396 e. The molecule has 0 radical (unpaired) electrons. The molecule has 1 rings (SSSR count). The average Bonchev–Trinajstić information content (AvgIpc) is 2.43. The van der Waals surface area contributed by atoms with Gasteiger partial charge in [0.1, 0.15) is 0 Å². The van der Waals surface area contributed by atoms with Crippen molar-refractivity contribution in [2.75, 3.05) is 59.8 Å². The van der Waals surface area contributed by atoms with E-state index in [1.165, 1.54) is 0 Å². The lowest BCUT2D eigenvalue weighted by atomic mass is 9.77. The standard InChI is InChI=1S/C13H27NO4/c1-16-8-9-18-11-10-17-7-4-13(12-15)2-5-14-6-3-13/h14-15H,2-12H2,1H3. The Kier molecular flexibility index (Phi) is 8.54. The minimum absolute atomic E-state index is 0.0716. The molecule has 0 unspecified atom stereocenters. The number of hydrogen-bond acceptors (Lipinski definition) is 5. The summed E-state index contributed by atoms with van der Waals surface area (Å²) >= 11 is 0. The molecule has 0 amide bonds. The van der Waals surface area contributed by atoms with E-state index in [2.05, 4.69) is 5.32 Å². The van der Waals surface area contributed by atoms with E-state index in [9.17, 15) is 5.11 Å². The predicted octanol–water partition coefficient (Wildman–Crippen LogP) is 0.418. The lowest BCUT2D eigenvalue weighted by Gasteiger charge is -2.35. The maximum Gasteiger partial charge on any atom is 0.0701 e. The van der Waals surface area contributed by atoms with E-state index in [1.807, 2.05) is 0 Å². The Morgan fingerprint density at radius 2 is 1.61 bits per heavy atom. The van der Waals surface area contributed by atoms with Gasteiger partial charge in [-0.1, -0.05) is 0 Å². The second-order valence-corrected chi connectivity index (χ2v) is 4.88. The maximum absolute atomic E-state index is 9.52. The number of aliphatic hydroxyl groups is 1. The van der Waals surface area contributed by atoms with Crippen LogP contribution in [0.3, 0.4) is 0 Å². The molecule has 1 aliphatic heterocycles. The van der Waals surface area contributed by atoms with E-state index in [0.717, 1.165) is 32.4 Å². The molecule has 2 N–H and O–H groups in total. The topological polar surface area (TPSA) is 60.0 Å². The first-order valence-electron chi connectivity index (χ1n) is 6.79. The molecule has 18 heavy (non-hydrogen) atoms. The zero-order valence-electron chi connectivity index (χ0n) is 11.5. The minimum atomic E-state index is 0.0716. The van der Waals surface area contributed by atoms with Crippen LogP contribution >= 0.6 is 0 Å². The molecule has 0 aliphatic carbocycles. The van der Waals surface area contributed by atoms with Crippen molar-refractivity contribution in [1.82, 2.24) is 5.32 Å². The minimum Gasteiger partial charge on any atom is -0.396 e. The maximum atomic E-state index is 9.52. The van der Waals surface area contributed by atoms with Gasteiger partial charge in [0.05, 0.1) is 26.4 Å². The molecule has 108 valence electrons. The summed E-state index contributed by atoms with van der Waals surface area (Å²) in [5, 5.41) is 12.8. The van der Waals surface area contributed by atoms with E-state index in [4.69, 9.17) is 14.2 Å². The van der Waals surface area contributed by atoms with Gasteiger partial charge in [0.15, 0.2) is 0 Å². The first kappa shape index (κ1) is 15.9. The van der Waals surface area contributed by atoms with Crippen molar-refractivity contribution < 1.29 is 19.3 Å². The van der Waals surface area contributed by atoms with Crippen molar-refractivity contribution >= 4 is 0 Å². The van der Waals surface area contributed by atoms with Crippen molar-refractivity contribution in [1.29, 1.82) is 0 Å². The Morgan fingerprint density at radius 3 is 2.22 bits per heavy atom. The van der Waals surface area contributed by atoms with Gasteiger partial charge in [0, 0.05) is 20.3 Å². The fourth-order valence-corrected chi connectivity index (χ4v) is 2.20. The molecule has 5 nitrogen and oxygen atoms in total. The van der Waals surface area contributed by atoms with Crippen LogP contribution in [0.5, 0.6) is 0 Å². The Labute approximate surface area is 110 Å². The second kappa shape index (κ2) is 9.69. The zero-order valence-corrected chi connectivity index (χ0v) is 11.5. The molecule has 0 saturated carbocycles. The molecule has 1 fully saturated rings. The van der Waals surface area contributed by atoms with Crippen molar-refractivity contribution in [2.45, 2.75) is 19.3 Å². The molecule has 0 spiro atoms. The van der Waals surface area contributed by atoms with E-state index >= 15 is 0 Å². The summed E-state index contributed by atoms with van der Waals surface area (Å²) in [5.74, 6) is 0. The van der Waals surface area contributed by atoms with E-state index in [1.54, 1.807) is 7.11 Å². The molecule has 1 saturated heterocycles. The number of nitrogens with one attached hydrogen (secondary N) is 1. The van der Waals surface area contributed by atoms with Crippen LogP contribution in [0.2, 0.25) is 0 Å². The van der Waals surface area contributed by atoms with Gasteiger partial charge in [0.25, 0.3) is 0 Å². The van der Waals surface area contributed by atoms with Crippen LogP contribution in [0.25, 0.3) is 0 Å². The average molecular weight is 261 g/mol. The van der Waals surface area contributed by atoms with Crippen molar-refractivity contribution in [3.05, 3.63) is 0 Å². The van der Waals surface area contributed by atoms with Gasteiger partial charge >= 0.3 is 0 Å². The smallest absolute Gasteiger partial charge is 0.0701 e. The van der Waals surface area contributed by atoms with Crippen LogP contribution in [0.4, 0.5) is 0 Å². The molecule has 0 atom stereocenters. The van der Waals surface area contributed by atoms with Crippen LogP contribution in [0, 0.1) is 5.41 Å². The third-order valence-electron chi connectivity index (χ3n) is 3.58. The fraction of sp³-hybridized carbons (Fsp3) is 1.00. The highest BCUT2D eigenvalue weighted by molar-refractivity contribution is 4.83. The number of methoxy groups -OCH3 is 1. The zero-order chi connectivity index (χ0) is 13.1. The molecular weight excluding hydrogens is 234 g/mol. The Bertz CT molecular complexity index is 195. The highest BCUT2D eigenvalue weighted by Crippen LogP contribution is 2.31. The van der Waals surface area contributed by atoms with Gasteiger partial charge in [-0.3, -0.25) is 0 Å². The molecule has 0 bridgehead atoms. The quantitative estimate of drug-likeness (QED) is 0.558. The van der Waals surface area contributed by atoms with Crippen molar-refractivity contribution in [3.63, 3.8) is 0 Å². The number of ether oxygens (including phenoxy) is 3. The molecule has 0 aromatic carbocycles. The van der Waals surface area contributed by atoms with Crippen LogP contribution in [-0.2, 0) is 14.2 Å². The Morgan fingerprint density at radius 1 is 1.00 bits per heavy atom. The first-order chi connectivity index (χ1) is 8.83. The molecule has 0 aromatic rings. The van der Waals surface area contributed by atoms with E-state index in [-0.39, 0.29) is 12.0 Å². The van der Waals surface area contributed by atoms with Crippen LogP contribution in [0.1, 0.15) is 19.3 Å². The van der Waals surface area contributed by atoms with E-state index < -0.39 is 0 Å². The van der Waals surface area contributed by atoms with Gasteiger partial charge in [0.2, 0.25) is 0 Å². The lowest BCUT2D eigenvalue weighted by molar-refractivity contribution is 0.00298. The number of piperidine rings is 1. The van der Waals surface area contributed by atoms with E-state index in [0.29, 0.717) is 33.0 Å². The van der Waals surface area contributed by atoms with Gasteiger partial charge in [-0.15, -0.1) is 0 Å². The number of hydrogen-bond donors (Lipinski definition) is 2. The molecule has 1 aliphatic rings. The monoisotopic (exact) mass is 261 g/mol. The molecule has 1 heterocycles. The summed E-state index contributed by atoms with van der Waals surface area (Å²) in [6.45, 7) is 5.44. The summed E-state index contributed by atoms with van der Waals surface area (Å²) < 4.78 is 15.7. The Balaban J connectivity index is 1.98. The normalized spacial score (nSPS) is 19.0. The molecular formula is C13H27NO4. The number of aliphatic hydroxyl groups excluding tert-OH is 1. The summed E-state index contributed by atoms with van der Waals surface area (Å²) in [6.07, 6.45) is 3.01. The summed E-state index contributed by atoms with van der Waals surface area (Å²) in [6, 6.07) is 0. The third-order valence-corrected chi connectivity index (χ3v) is 3.58. The summed E-state index contributed by atoms with van der Waals surface area (Å²) in [7, 11) is 1.66. The van der Waals surface area contributed by atoms with Gasteiger partial charge in [-0.2, -0.15) is 0 Å². The Hall–Kier alpha value is -0.200. The van der Waals surface area contributed by atoms with Gasteiger partial charge < -0.3 is 24.6 Å². The highest BCUT2D eigenvalue weighted by atomic mass is 16.5. The van der Waals surface area contributed by atoms with Crippen LogP contribution in [-0.4, -0.2) is 64.9 Å². The van der Waals surface area contributed by atoms with Crippen molar-refractivity contribution in [3.8, 4) is 0 Å². The highest BCUT2D eigenvalue weighted by Gasteiger charge is 2.30. The SMILES string of the molecule is COCCOCCOCCC1(CO)CCNCC1. The summed E-state index contributed by atoms with van der Waals surface area (Å²) in [5.41, 5.74) is 0.0716. The predicted molar refractivity (Wildman–Crippen MR) is 69.8 cm³/mol. The second-order valence-electron chi connectivity index (χ2n) is 4.88. The third kappa shape index (κ3) is 6.11. The molecule has 5 heteroatoms. The van der Waals surface area contributed by atoms with Crippen molar-refractivity contribution in [2.24, 2.45) is 5.41 Å².